The molecule has 2 rings (SSSR count). The fourth-order valence-corrected chi connectivity index (χ4v) is 6.58. The molecule has 9 heteroatoms. The summed E-state index contributed by atoms with van der Waals surface area (Å²) in [5, 5.41) is 12.8. The van der Waals surface area contributed by atoms with Gasteiger partial charge in [0.15, 0.2) is 0 Å². The Morgan fingerprint density at radius 2 is 0.844 bits per heavy atom. The normalized spacial score (nSPS) is 26.3. The fourth-order valence-electron chi connectivity index (χ4n) is 6.58. The molecule has 0 saturated carbocycles. The minimum atomic E-state index is -1.24. The number of piperidine rings is 2. The van der Waals surface area contributed by atoms with Crippen LogP contribution < -0.4 is 21.3 Å². The summed E-state index contributed by atoms with van der Waals surface area (Å²) in [5.41, 5.74) is -4.20. The molecule has 2 amide bonds. The summed E-state index contributed by atoms with van der Waals surface area (Å²) in [6.45, 7) is 15.9. The van der Waals surface area contributed by atoms with Crippen LogP contribution >= 0.6 is 0 Å². The van der Waals surface area contributed by atoms with Crippen LogP contribution in [0.1, 0.15) is 81.1 Å². The van der Waals surface area contributed by atoms with Gasteiger partial charge in [0.05, 0.1) is 14.2 Å². The SMILES string of the molecule is COC(=O)C1(NC(=O)NC2(C(=O)OC)CC(C)(C)NC(C)(C)C2)CC(C)(C)NC(C)(C)C1. The minimum Gasteiger partial charge on any atom is -0.467 e. The standard InChI is InChI=1S/C23H42N4O5/c1-18(2)11-22(15(28)31-9,12-19(3,4)26-18)24-17(30)25-23(16(29)32-10)13-20(5,6)27-21(7,8)14-23/h26-27H,11-14H2,1-10H3,(H2,24,25,30). The van der Waals surface area contributed by atoms with Crippen LogP contribution in [0.4, 0.5) is 4.79 Å². The molecule has 9 nitrogen and oxygen atoms in total. The predicted molar refractivity (Wildman–Crippen MR) is 122 cm³/mol. The van der Waals surface area contributed by atoms with Gasteiger partial charge < -0.3 is 30.7 Å². The van der Waals surface area contributed by atoms with Crippen LogP contribution in [0.25, 0.3) is 0 Å². The van der Waals surface area contributed by atoms with E-state index in [1.54, 1.807) is 0 Å². The molecule has 0 aromatic carbocycles. The van der Waals surface area contributed by atoms with Gasteiger partial charge >= 0.3 is 18.0 Å². The van der Waals surface area contributed by atoms with Crippen LogP contribution in [0, 0.1) is 0 Å². The highest BCUT2D eigenvalue weighted by molar-refractivity contribution is 5.91. The zero-order chi connectivity index (χ0) is 24.8. The maximum absolute atomic E-state index is 13.4. The molecule has 2 fully saturated rings. The third kappa shape index (κ3) is 5.73. The lowest BCUT2D eigenvalue weighted by Crippen LogP contribution is -2.75. The van der Waals surface area contributed by atoms with E-state index in [-0.39, 0.29) is 0 Å². The van der Waals surface area contributed by atoms with Crippen LogP contribution in [0.2, 0.25) is 0 Å². The fraction of sp³-hybridized carbons (Fsp3) is 0.870. The topological polar surface area (TPSA) is 118 Å². The summed E-state index contributed by atoms with van der Waals surface area (Å²) in [6.07, 6.45) is 1.36. The Balaban J connectivity index is 2.41. The van der Waals surface area contributed by atoms with E-state index in [1.807, 2.05) is 55.4 Å². The molecule has 2 aliphatic heterocycles. The zero-order valence-corrected chi connectivity index (χ0v) is 21.4. The van der Waals surface area contributed by atoms with Gasteiger partial charge in [-0.15, -0.1) is 0 Å². The van der Waals surface area contributed by atoms with Gasteiger partial charge in [-0.05, 0) is 81.1 Å². The maximum atomic E-state index is 13.4. The Kier molecular flexibility index (Phi) is 6.73. The highest BCUT2D eigenvalue weighted by Crippen LogP contribution is 2.39. The number of amides is 2. The highest BCUT2D eigenvalue weighted by atomic mass is 16.5. The van der Waals surface area contributed by atoms with E-state index in [0.717, 1.165) is 0 Å². The van der Waals surface area contributed by atoms with Crippen molar-refractivity contribution in [1.29, 1.82) is 0 Å². The van der Waals surface area contributed by atoms with Crippen molar-refractivity contribution in [2.45, 2.75) is 114 Å². The lowest BCUT2D eigenvalue weighted by atomic mass is 9.70. The number of esters is 2. The number of rotatable bonds is 4. The number of hydrogen-bond acceptors (Lipinski definition) is 7. The summed E-state index contributed by atoms with van der Waals surface area (Å²) in [7, 11) is 2.64. The Hall–Kier alpha value is -1.87. The smallest absolute Gasteiger partial charge is 0.331 e. The molecule has 4 N–H and O–H groups in total. The first-order valence-electron chi connectivity index (χ1n) is 11.2. The minimum absolute atomic E-state index is 0.341. The van der Waals surface area contributed by atoms with E-state index in [9.17, 15) is 14.4 Å². The van der Waals surface area contributed by atoms with Gasteiger partial charge in [-0.2, -0.15) is 0 Å². The summed E-state index contributed by atoms with van der Waals surface area (Å²) < 4.78 is 10.2. The summed E-state index contributed by atoms with van der Waals surface area (Å²) in [6, 6.07) is -0.595. The van der Waals surface area contributed by atoms with Gasteiger partial charge in [0.1, 0.15) is 11.1 Å². The Morgan fingerprint density at radius 1 is 0.594 bits per heavy atom. The van der Waals surface area contributed by atoms with Crippen molar-refractivity contribution in [2.24, 2.45) is 0 Å². The first-order chi connectivity index (χ1) is 14.3. The number of nitrogens with one attached hydrogen (secondary N) is 4. The van der Waals surface area contributed by atoms with Crippen molar-refractivity contribution < 1.29 is 23.9 Å². The van der Waals surface area contributed by atoms with E-state index in [1.165, 1.54) is 14.2 Å². The molecule has 0 bridgehead atoms. The molecule has 184 valence electrons. The van der Waals surface area contributed by atoms with Gasteiger partial charge in [0, 0.05) is 22.2 Å². The number of methoxy groups -OCH3 is 2. The predicted octanol–water partition coefficient (Wildman–Crippen LogP) is 1.99. The molecule has 2 heterocycles. The molecular weight excluding hydrogens is 412 g/mol. The first kappa shape index (κ1) is 26.4. The molecule has 0 unspecified atom stereocenters. The van der Waals surface area contributed by atoms with E-state index in [2.05, 4.69) is 21.3 Å². The van der Waals surface area contributed by atoms with Gasteiger partial charge in [-0.3, -0.25) is 0 Å². The number of carbonyl (C=O) groups is 3. The molecule has 2 aliphatic rings. The molecule has 0 aliphatic carbocycles. The van der Waals surface area contributed by atoms with Crippen molar-refractivity contribution in [3.63, 3.8) is 0 Å². The summed E-state index contributed by atoms with van der Waals surface area (Å²) >= 11 is 0. The zero-order valence-electron chi connectivity index (χ0n) is 21.4. The van der Waals surface area contributed by atoms with E-state index >= 15 is 0 Å². The van der Waals surface area contributed by atoms with Crippen LogP contribution in [0.15, 0.2) is 0 Å². The summed E-state index contributed by atoms with van der Waals surface area (Å²) in [5.74, 6) is -1.01. The van der Waals surface area contributed by atoms with Crippen molar-refractivity contribution >= 4 is 18.0 Å². The maximum Gasteiger partial charge on any atom is 0.331 e. The third-order valence-electron chi connectivity index (χ3n) is 6.19. The second-order valence-electron chi connectivity index (χ2n) is 12.2. The summed E-state index contributed by atoms with van der Waals surface area (Å²) in [4.78, 5) is 39.3. The van der Waals surface area contributed by atoms with E-state index in [0.29, 0.717) is 25.7 Å². The number of carbonyl (C=O) groups excluding carboxylic acids is 3. The molecule has 32 heavy (non-hydrogen) atoms. The van der Waals surface area contributed by atoms with Crippen LogP contribution in [-0.2, 0) is 19.1 Å². The highest BCUT2D eigenvalue weighted by Gasteiger charge is 2.56. The number of ether oxygens (including phenoxy) is 2. The average Bonchev–Trinajstić information content (AvgIpc) is 2.53. The van der Waals surface area contributed by atoms with E-state index < -0.39 is 51.2 Å². The van der Waals surface area contributed by atoms with E-state index in [4.69, 9.17) is 9.47 Å². The lowest BCUT2D eigenvalue weighted by Gasteiger charge is -2.53. The van der Waals surface area contributed by atoms with Crippen molar-refractivity contribution in [3.8, 4) is 0 Å². The van der Waals surface area contributed by atoms with Crippen LogP contribution in [0.5, 0.6) is 0 Å². The average molecular weight is 455 g/mol. The Morgan fingerprint density at radius 3 is 1.06 bits per heavy atom. The Labute approximate surface area is 192 Å². The van der Waals surface area contributed by atoms with Crippen LogP contribution in [-0.4, -0.2) is 65.4 Å². The first-order valence-corrected chi connectivity index (χ1v) is 11.2. The second-order valence-corrected chi connectivity index (χ2v) is 12.2. The molecule has 0 aromatic heterocycles. The van der Waals surface area contributed by atoms with Gasteiger partial charge in [0.2, 0.25) is 0 Å². The molecular formula is C23H42N4O5. The largest absolute Gasteiger partial charge is 0.467 e. The van der Waals surface area contributed by atoms with Gasteiger partial charge in [-0.25, -0.2) is 14.4 Å². The quantitative estimate of drug-likeness (QED) is 0.480. The van der Waals surface area contributed by atoms with Crippen molar-refractivity contribution in [2.75, 3.05) is 14.2 Å². The Bertz CT molecular complexity index is 678. The van der Waals surface area contributed by atoms with Crippen molar-refractivity contribution in [1.82, 2.24) is 21.3 Å². The molecule has 2 saturated heterocycles. The van der Waals surface area contributed by atoms with Crippen LogP contribution in [0.3, 0.4) is 0 Å². The van der Waals surface area contributed by atoms with Gasteiger partial charge in [-0.1, -0.05) is 0 Å². The monoisotopic (exact) mass is 454 g/mol. The van der Waals surface area contributed by atoms with Gasteiger partial charge in [0.25, 0.3) is 0 Å². The van der Waals surface area contributed by atoms with Crippen molar-refractivity contribution in [3.05, 3.63) is 0 Å². The molecule has 0 atom stereocenters. The number of hydrogen-bond donors (Lipinski definition) is 4. The molecule has 0 aromatic rings. The molecule has 0 spiro atoms. The number of urea groups is 1. The third-order valence-corrected chi connectivity index (χ3v) is 6.19. The molecule has 0 radical (unpaired) electrons. The second kappa shape index (κ2) is 8.17. The lowest BCUT2D eigenvalue weighted by molar-refractivity contribution is -0.153.